The van der Waals surface area contributed by atoms with E-state index in [1.807, 2.05) is 6.07 Å². The van der Waals surface area contributed by atoms with Crippen LogP contribution < -0.4 is 4.72 Å². The van der Waals surface area contributed by atoms with E-state index in [1.165, 1.54) is 12.3 Å². The summed E-state index contributed by atoms with van der Waals surface area (Å²) < 4.78 is 26.5. The number of hydrogen-bond donors (Lipinski definition) is 1. The molecule has 2 rings (SSSR count). The molecule has 5 nitrogen and oxygen atoms in total. The third kappa shape index (κ3) is 2.73. The third-order valence-electron chi connectivity index (χ3n) is 2.18. The van der Waals surface area contributed by atoms with Crippen LogP contribution in [0.3, 0.4) is 0 Å². The topological polar surface area (TPSA) is 82.9 Å². The molecule has 2 aromatic rings. The van der Waals surface area contributed by atoms with E-state index in [1.54, 1.807) is 29.8 Å². The molecule has 18 heavy (non-hydrogen) atoms. The molecular weight excluding hydrogens is 270 g/mol. The molecule has 0 spiro atoms. The molecule has 0 aliphatic carbocycles. The Morgan fingerprint density at radius 1 is 1.39 bits per heavy atom. The maximum atomic E-state index is 12.0. The van der Waals surface area contributed by atoms with Crippen LogP contribution in [-0.4, -0.2) is 13.4 Å². The van der Waals surface area contributed by atoms with Gasteiger partial charge in [-0.3, -0.25) is 4.98 Å². The third-order valence-corrected chi connectivity index (χ3v) is 5.00. The van der Waals surface area contributed by atoms with Crippen LogP contribution in [0.5, 0.6) is 0 Å². The number of nitriles is 1. The number of hydrogen-bond acceptors (Lipinski definition) is 5. The van der Waals surface area contributed by atoms with Crippen LogP contribution in [-0.2, 0) is 10.0 Å². The monoisotopic (exact) mass is 279 g/mol. The molecule has 0 bridgehead atoms. The second kappa shape index (κ2) is 5.27. The van der Waals surface area contributed by atoms with Gasteiger partial charge >= 0.3 is 0 Å². The van der Waals surface area contributed by atoms with Gasteiger partial charge in [0, 0.05) is 18.0 Å². The molecule has 0 amide bonds. The van der Waals surface area contributed by atoms with Crippen molar-refractivity contribution < 1.29 is 8.42 Å². The van der Waals surface area contributed by atoms with E-state index < -0.39 is 16.1 Å². The van der Waals surface area contributed by atoms with Crippen molar-refractivity contribution in [3.8, 4) is 6.07 Å². The number of nitrogens with one attached hydrogen (secondary N) is 1. The van der Waals surface area contributed by atoms with Gasteiger partial charge in [-0.15, -0.1) is 11.3 Å². The lowest BCUT2D eigenvalue weighted by Gasteiger charge is -2.10. The largest absolute Gasteiger partial charge is 0.264 e. The second-order valence-electron chi connectivity index (χ2n) is 3.40. The summed E-state index contributed by atoms with van der Waals surface area (Å²) >= 11 is 1.10. The standard InChI is InChI=1S/C11H9N3O2S2/c12-7-10(9-3-1-5-13-8-9)14-18(15,16)11-4-2-6-17-11/h1-6,8,10,14H. The zero-order valence-corrected chi connectivity index (χ0v) is 10.8. The number of pyridine rings is 1. The molecule has 0 radical (unpaired) electrons. The molecule has 0 saturated heterocycles. The van der Waals surface area contributed by atoms with E-state index in [-0.39, 0.29) is 4.21 Å². The van der Waals surface area contributed by atoms with Gasteiger partial charge in [0.25, 0.3) is 10.0 Å². The predicted octanol–water partition coefficient (Wildman–Crippen LogP) is 1.69. The van der Waals surface area contributed by atoms with Gasteiger partial charge in [-0.1, -0.05) is 12.1 Å². The number of nitrogens with zero attached hydrogens (tertiary/aromatic N) is 2. The first kappa shape index (κ1) is 12.7. The molecule has 0 aliphatic heterocycles. The van der Waals surface area contributed by atoms with Crippen molar-refractivity contribution in [2.45, 2.75) is 10.3 Å². The SMILES string of the molecule is N#CC(NS(=O)(=O)c1cccs1)c1cccnc1. The van der Waals surface area contributed by atoms with Gasteiger partial charge in [-0.05, 0) is 17.5 Å². The van der Waals surface area contributed by atoms with Gasteiger partial charge < -0.3 is 0 Å². The summed E-state index contributed by atoms with van der Waals surface area (Å²) in [6.45, 7) is 0. The number of aromatic nitrogens is 1. The van der Waals surface area contributed by atoms with E-state index in [4.69, 9.17) is 5.26 Å². The van der Waals surface area contributed by atoms with Gasteiger partial charge in [0.05, 0.1) is 6.07 Å². The maximum absolute atomic E-state index is 12.0. The van der Waals surface area contributed by atoms with Crippen molar-refractivity contribution in [1.82, 2.24) is 9.71 Å². The van der Waals surface area contributed by atoms with Crippen LogP contribution in [0, 0.1) is 11.3 Å². The van der Waals surface area contributed by atoms with Gasteiger partial charge in [0.15, 0.2) is 0 Å². The summed E-state index contributed by atoms with van der Waals surface area (Å²) in [6.07, 6.45) is 3.02. The van der Waals surface area contributed by atoms with Crippen LogP contribution in [0.4, 0.5) is 0 Å². The highest BCUT2D eigenvalue weighted by molar-refractivity contribution is 7.91. The van der Waals surface area contributed by atoms with Gasteiger partial charge in [-0.2, -0.15) is 9.98 Å². The first-order valence-corrected chi connectivity index (χ1v) is 7.35. The van der Waals surface area contributed by atoms with E-state index in [9.17, 15) is 8.42 Å². The molecule has 0 aliphatic rings. The van der Waals surface area contributed by atoms with Crippen LogP contribution in [0.2, 0.25) is 0 Å². The minimum absolute atomic E-state index is 0.187. The van der Waals surface area contributed by atoms with Gasteiger partial charge in [0.2, 0.25) is 0 Å². The number of sulfonamides is 1. The first-order valence-electron chi connectivity index (χ1n) is 4.99. The van der Waals surface area contributed by atoms with E-state index in [0.717, 1.165) is 11.3 Å². The van der Waals surface area contributed by atoms with Crippen molar-refractivity contribution in [3.05, 3.63) is 47.6 Å². The van der Waals surface area contributed by atoms with E-state index >= 15 is 0 Å². The summed E-state index contributed by atoms with van der Waals surface area (Å²) in [4.78, 5) is 3.86. The molecule has 0 saturated carbocycles. The lowest BCUT2D eigenvalue weighted by atomic mass is 10.1. The van der Waals surface area contributed by atoms with Crippen molar-refractivity contribution in [2.75, 3.05) is 0 Å². The lowest BCUT2D eigenvalue weighted by Crippen LogP contribution is -2.27. The molecule has 0 aromatic carbocycles. The Morgan fingerprint density at radius 3 is 2.78 bits per heavy atom. The van der Waals surface area contributed by atoms with Gasteiger partial charge in [0.1, 0.15) is 10.3 Å². The Morgan fingerprint density at radius 2 is 2.22 bits per heavy atom. The molecule has 7 heteroatoms. The number of rotatable bonds is 4. The molecule has 1 atom stereocenters. The fourth-order valence-corrected chi connectivity index (χ4v) is 3.48. The zero-order valence-electron chi connectivity index (χ0n) is 9.15. The molecule has 92 valence electrons. The van der Waals surface area contributed by atoms with Crippen molar-refractivity contribution in [3.63, 3.8) is 0 Å². The Bertz CT molecular complexity index is 645. The first-order chi connectivity index (χ1) is 8.63. The van der Waals surface area contributed by atoms with Gasteiger partial charge in [-0.25, -0.2) is 8.42 Å². The quantitative estimate of drug-likeness (QED) is 0.923. The van der Waals surface area contributed by atoms with Crippen LogP contribution in [0.15, 0.2) is 46.2 Å². The fourth-order valence-electron chi connectivity index (χ4n) is 1.35. The van der Waals surface area contributed by atoms with E-state index in [0.29, 0.717) is 5.56 Å². The van der Waals surface area contributed by atoms with Crippen LogP contribution >= 0.6 is 11.3 Å². The Kier molecular flexibility index (Phi) is 3.72. The highest BCUT2D eigenvalue weighted by Gasteiger charge is 2.21. The van der Waals surface area contributed by atoms with Crippen molar-refractivity contribution in [1.29, 1.82) is 5.26 Å². The smallest absolute Gasteiger partial charge is 0.251 e. The summed E-state index contributed by atoms with van der Waals surface area (Å²) in [6, 6.07) is 7.41. The molecule has 1 unspecified atom stereocenters. The Balaban J connectivity index is 2.26. The summed E-state index contributed by atoms with van der Waals surface area (Å²) in [5.41, 5.74) is 0.514. The van der Waals surface area contributed by atoms with Crippen molar-refractivity contribution in [2.24, 2.45) is 0 Å². The predicted molar refractivity (Wildman–Crippen MR) is 67.2 cm³/mol. The molecule has 2 aromatic heterocycles. The van der Waals surface area contributed by atoms with Crippen molar-refractivity contribution >= 4 is 21.4 Å². The lowest BCUT2D eigenvalue weighted by molar-refractivity contribution is 0.577. The fraction of sp³-hybridized carbons (Fsp3) is 0.0909. The average molecular weight is 279 g/mol. The number of thiophene rings is 1. The van der Waals surface area contributed by atoms with Crippen LogP contribution in [0.25, 0.3) is 0 Å². The van der Waals surface area contributed by atoms with Crippen LogP contribution in [0.1, 0.15) is 11.6 Å². The minimum atomic E-state index is -3.66. The van der Waals surface area contributed by atoms with E-state index in [2.05, 4.69) is 9.71 Å². The molecular formula is C11H9N3O2S2. The summed E-state index contributed by atoms with van der Waals surface area (Å²) in [7, 11) is -3.66. The highest BCUT2D eigenvalue weighted by atomic mass is 32.2. The normalized spacial score (nSPS) is 12.8. The Hall–Kier alpha value is -1.75. The zero-order chi connectivity index (χ0) is 13.0. The molecule has 0 fully saturated rings. The highest BCUT2D eigenvalue weighted by Crippen LogP contribution is 2.19. The Labute approximate surface area is 109 Å². The summed E-state index contributed by atoms with van der Waals surface area (Å²) in [5, 5.41) is 10.7. The summed E-state index contributed by atoms with van der Waals surface area (Å²) in [5.74, 6) is 0. The minimum Gasteiger partial charge on any atom is -0.264 e. The second-order valence-corrected chi connectivity index (χ2v) is 6.29. The molecule has 2 heterocycles. The maximum Gasteiger partial charge on any atom is 0.251 e. The average Bonchev–Trinajstić information content (AvgIpc) is 2.92. The molecule has 1 N–H and O–H groups in total.